The Morgan fingerprint density at radius 1 is 1.40 bits per heavy atom. The Morgan fingerprint density at radius 3 is 2.53 bits per heavy atom. The monoisotopic (exact) mass is 238 g/mol. The van der Waals surface area contributed by atoms with Gasteiger partial charge < -0.3 is 14.6 Å². The van der Waals surface area contributed by atoms with Gasteiger partial charge in [-0.2, -0.15) is 0 Å². The predicted octanol–water partition coefficient (Wildman–Crippen LogP) is -0.0649. The first-order valence-electron chi connectivity index (χ1n) is 5.06. The second-order valence-electron chi connectivity index (χ2n) is 3.83. The number of rotatable bonds is 6. The third kappa shape index (κ3) is 6.09. The molecule has 1 saturated heterocycles. The van der Waals surface area contributed by atoms with E-state index in [4.69, 9.17) is 9.47 Å². The van der Waals surface area contributed by atoms with Gasteiger partial charge >= 0.3 is 0 Å². The number of ether oxygens (including phenoxy) is 2. The minimum absolute atomic E-state index is 0.121. The van der Waals surface area contributed by atoms with Crippen LogP contribution in [-0.2, 0) is 19.3 Å². The van der Waals surface area contributed by atoms with Gasteiger partial charge in [-0.3, -0.25) is 0 Å². The van der Waals surface area contributed by atoms with E-state index >= 15 is 0 Å². The Hall–Kier alpha value is -0.170. The summed E-state index contributed by atoms with van der Waals surface area (Å²) in [5.74, 6) is 0.121. The Morgan fingerprint density at radius 2 is 2.00 bits per heavy atom. The van der Waals surface area contributed by atoms with Crippen LogP contribution < -0.4 is 0 Å². The molecule has 1 fully saturated rings. The van der Waals surface area contributed by atoms with E-state index in [0.29, 0.717) is 32.5 Å². The lowest BCUT2D eigenvalue weighted by molar-refractivity contribution is -0.0710. The molecule has 6 heteroatoms. The third-order valence-corrected chi connectivity index (χ3v) is 3.24. The Balaban J connectivity index is 2.10. The molecule has 0 aromatic rings. The first-order valence-corrected chi connectivity index (χ1v) is 7.12. The van der Waals surface area contributed by atoms with E-state index in [1.54, 1.807) is 0 Å². The molecule has 0 spiro atoms. The van der Waals surface area contributed by atoms with Crippen LogP contribution in [-0.4, -0.2) is 51.1 Å². The summed E-state index contributed by atoms with van der Waals surface area (Å²) in [5.41, 5.74) is 0. The molecule has 0 bridgehead atoms. The van der Waals surface area contributed by atoms with Crippen LogP contribution in [0.1, 0.15) is 19.3 Å². The molecule has 0 saturated carbocycles. The molecule has 0 aliphatic carbocycles. The summed E-state index contributed by atoms with van der Waals surface area (Å²) in [6.45, 7) is 1.14. The molecule has 1 aliphatic rings. The van der Waals surface area contributed by atoms with Crippen molar-refractivity contribution in [3.8, 4) is 0 Å². The molecule has 5 nitrogen and oxygen atoms in total. The van der Waals surface area contributed by atoms with Crippen molar-refractivity contribution in [3.63, 3.8) is 0 Å². The Bertz CT molecular complexity index is 268. The van der Waals surface area contributed by atoms with Gasteiger partial charge in [0.2, 0.25) is 0 Å². The molecule has 0 amide bonds. The maximum Gasteiger partial charge on any atom is 0.160 e. The van der Waals surface area contributed by atoms with E-state index in [9.17, 15) is 13.5 Å². The second kappa shape index (κ2) is 5.79. The maximum atomic E-state index is 10.8. The van der Waals surface area contributed by atoms with E-state index in [-0.39, 0.29) is 12.0 Å². The lowest BCUT2D eigenvalue weighted by Crippen LogP contribution is -2.19. The van der Waals surface area contributed by atoms with Crippen molar-refractivity contribution in [2.24, 2.45) is 0 Å². The first-order chi connectivity index (χ1) is 6.97. The fraction of sp³-hybridized carbons (Fsp3) is 1.00. The van der Waals surface area contributed by atoms with Crippen molar-refractivity contribution in [2.45, 2.75) is 31.7 Å². The molecule has 1 N–H and O–H groups in total. The summed E-state index contributed by atoms with van der Waals surface area (Å²) >= 11 is 0. The molecule has 1 unspecified atom stereocenters. The zero-order chi connectivity index (χ0) is 11.3. The lowest BCUT2D eigenvalue weighted by atomic mass is 10.1. The number of sulfone groups is 1. The maximum absolute atomic E-state index is 10.8. The number of aliphatic hydroxyl groups excluding tert-OH is 1. The van der Waals surface area contributed by atoms with Gasteiger partial charge in [-0.1, -0.05) is 0 Å². The van der Waals surface area contributed by atoms with Crippen LogP contribution in [0.4, 0.5) is 0 Å². The summed E-state index contributed by atoms with van der Waals surface area (Å²) in [5, 5.41) is 9.55. The average molecular weight is 238 g/mol. The summed E-state index contributed by atoms with van der Waals surface area (Å²) in [7, 11) is -2.92. The van der Waals surface area contributed by atoms with Crippen LogP contribution in [0.15, 0.2) is 0 Å². The average Bonchev–Trinajstić information content (AvgIpc) is 2.54. The quantitative estimate of drug-likeness (QED) is 0.701. The van der Waals surface area contributed by atoms with E-state index in [1.807, 2.05) is 0 Å². The number of hydrogen-bond acceptors (Lipinski definition) is 5. The van der Waals surface area contributed by atoms with Gasteiger partial charge in [-0.25, -0.2) is 8.42 Å². The fourth-order valence-corrected chi connectivity index (χ4v) is 2.16. The van der Waals surface area contributed by atoms with E-state index in [0.717, 1.165) is 0 Å². The highest BCUT2D eigenvalue weighted by atomic mass is 32.2. The minimum atomic E-state index is -2.92. The summed E-state index contributed by atoms with van der Waals surface area (Å²) in [6, 6.07) is 0. The van der Waals surface area contributed by atoms with Crippen molar-refractivity contribution in [1.29, 1.82) is 0 Å². The third-order valence-electron chi connectivity index (χ3n) is 2.21. The van der Waals surface area contributed by atoms with Gasteiger partial charge in [0.05, 0.1) is 19.3 Å². The summed E-state index contributed by atoms with van der Waals surface area (Å²) < 4.78 is 32.0. The topological polar surface area (TPSA) is 72.8 Å². The Labute approximate surface area is 90.3 Å². The molecular weight excluding hydrogens is 220 g/mol. The molecule has 0 aromatic heterocycles. The van der Waals surface area contributed by atoms with Gasteiger partial charge in [-0.05, 0) is 12.8 Å². The lowest BCUT2D eigenvalue weighted by Gasteiger charge is -2.14. The van der Waals surface area contributed by atoms with Gasteiger partial charge in [0.15, 0.2) is 6.29 Å². The van der Waals surface area contributed by atoms with Crippen molar-refractivity contribution >= 4 is 9.84 Å². The molecule has 1 rings (SSSR count). The van der Waals surface area contributed by atoms with Crippen LogP contribution in [0, 0.1) is 0 Å². The van der Waals surface area contributed by atoms with Crippen LogP contribution in [0.2, 0.25) is 0 Å². The van der Waals surface area contributed by atoms with Gasteiger partial charge in [0, 0.05) is 18.4 Å². The van der Waals surface area contributed by atoms with Crippen LogP contribution in [0.3, 0.4) is 0 Å². The van der Waals surface area contributed by atoms with Crippen LogP contribution in [0.5, 0.6) is 0 Å². The Kier molecular flexibility index (Phi) is 4.98. The van der Waals surface area contributed by atoms with E-state index in [2.05, 4.69) is 0 Å². The van der Waals surface area contributed by atoms with Crippen LogP contribution in [0.25, 0.3) is 0 Å². The molecule has 90 valence electrons. The molecular formula is C9H18O5S. The zero-order valence-electron chi connectivity index (χ0n) is 8.89. The molecule has 15 heavy (non-hydrogen) atoms. The summed E-state index contributed by atoms with van der Waals surface area (Å²) in [4.78, 5) is 0. The standard InChI is InChI=1S/C9H18O5S/c1-15(11,12)6-2-3-8(10)7-9-13-4-5-14-9/h8-10H,2-7H2,1H3. The number of hydrogen-bond donors (Lipinski definition) is 1. The van der Waals surface area contributed by atoms with Crippen molar-refractivity contribution < 1.29 is 23.0 Å². The van der Waals surface area contributed by atoms with Crippen molar-refractivity contribution in [3.05, 3.63) is 0 Å². The predicted molar refractivity (Wildman–Crippen MR) is 55.3 cm³/mol. The van der Waals surface area contributed by atoms with E-state index in [1.165, 1.54) is 6.26 Å². The van der Waals surface area contributed by atoms with E-state index < -0.39 is 15.9 Å². The largest absolute Gasteiger partial charge is 0.393 e. The van der Waals surface area contributed by atoms with Crippen LogP contribution >= 0.6 is 0 Å². The highest BCUT2D eigenvalue weighted by molar-refractivity contribution is 7.90. The molecule has 1 atom stereocenters. The smallest absolute Gasteiger partial charge is 0.160 e. The second-order valence-corrected chi connectivity index (χ2v) is 6.09. The van der Waals surface area contributed by atoms with Crippen molar-refractivity contribution in [2.75, 3.05) is 25.2 Å². The first kappa shape index (κ1) is 12.9. The zero-order valence-corrected chi connectivity index (χ0v) is 9.70. The minimum Gasteiger partial charge on any atom is -0.393 e. The molecule has 0 radical (unpaired) electrons. The molecule has 1 heterocycles. The highest BCUT2D eigenvalue weighted by Gasteiger charge is 2.19. The highest BCUT2D eigenvalue weighted by Crippen LogP contribution is 2.13. The van der Waals surface area contributed by atoms with Gasteiger partial charge in [0.25, 0.3) is 0 Å². The molecule has 1 aliphatic heterocycles. The molecule has 0 aromatic carbocycles. The fourth-order valence-electron chi connectivity index (χ4n) is 1.46. The number of aliphatic hydroxyl groups is 1. The van der Waals surface area contributed by atoms with Gasteiger partial charge in [-0.15, -0.1) is 0 Å². The summed E-state index contributed by atoms with van der Waals surface area (Å²) in [6.07, 6.45) is 1.70. The van der Waals surface area contributed by atoms with Gasteiger partial charge in [0.1, 0.15) is 9.84 Å². The van der Waals surface area contributed by atoms with Crippen molar-refractivity contribution in [1.82, 2.24) is 0 Å². The normalized spacial score (nSPS) is 20.7. The SMILES string of the molecule is CS(=O)(=O)CCCC(O)CC1OCCO1.